The highest BCUT2D eigenvalue weighted by atomic mass is 32.1. The Morgan fingerprint density at radius 2 is 2.00 bits per heavy atom. The molecule has 74 valence electrons. The quantitative estimate of drug-likeness (QED) is 0.524. The summed E-state index contributed by atoms with van der Waals surface area (Å²) in [6.45, 7) is 4.43. The van der Waals surface area contributed by atoms with Crippen molar-refractivity contribution in [2.45, 2.75) is 37.9 Å². The summed E-state index contributed by atoms with van der Waals surface area (Å²) in [5, 5.41) is 0. The van der Waals surface area contributed by atoms with Gasteiger partial charge in [0.25, 0.3) is 0 Å². The van der Waals surface area contributed by atoms with Crippen LogP contribution in [-0.4, -0.2) is 16.2 Å². The van der Waals surface area contributed by atoms with Gasteiger partial charge in [0, 0.05) is 4.75 Å². The molecule has 0 aromatic rings. The molecule has 1 unspecified atom stereocenters. The maximum atomic E-state index is 10.2. The number of thiol groups is 1. The molecule has 0 rings (SSSR count). The molecule has 0 saturated carbocycles. The van der Waals surface area contributed by atoms with Crippen molar-refractivity contribution in [2.24, 2.45) is 0 Å². The van der Waals surface area contributed by atoms with Gasteiger partial charge in [-0.3, -0.25) is 4.57 Å². The first-order valence-electron chi connectivity index (χ1n) is 4.12. The lowest BCUT2D eigenvalue weighted by Crippen LogP contribution is -2.20. The van der Waals surface area contributed by atoms with Crippen molar-refractivity contribution < 1.29 is 14.0 Å². The second-order valence-corrected chi connectivity index (χ2v) is 4.56. The van der Waals surface area contributed by atoms with Crippen molar-refractivity contribution in [2.75, 3.05) is 6.61 Å². The number of hydrogen-bond donors (Lipinski definition) is 2. The zero-order chi connectivity index (χ0) is 9.61. The van der Waals surface area contributed by atoms with Crippen LogP contribution in [0, 0.1) is 0 Å². The third-order valence-corrected chi connectivity index (χ3v) is 3.42. The van der Waals surface area contributed by atoms with E-state index in [-0.39, 0.29) is 4.75 Å². The van der Waals surface area contributed by atoms with Crippen molar-refractivity contribution in [3.63, 3.8) is 0 Å². The van der Waals surface area contributed by atoms with E-state index in [9.17, 15) is 4.57 Å². The summed E-state index contributed by atoms with van der Waals surface area (Å²) < 4.78 is 14.7. The highest BCUT2D eigenvalue weighted by Gasteiger charge is 2.20. The Balaban J connectivity index is 3.65. The van der Waals surface area contributed by atoms with E-state index >= 15 is 0 Å². The number of rotatable bonds is 6. The Bertz CT molecular complexity index is 148. The van der Waals surface area contributed by atoms with Crippen LogP contribution in [0.15, 0.2) is 0 Å². The van der Waals surface area contributed by atoms with Crippen LogP contribution in [0.2, 0.25) is 0 Å². The second kappa shape index (κ2) is 6.03. The molecule has 0 heterocycles. The van der Waals surface area contributed by atoms with Crippen molar-refractivity contribution in [1.82, 2.24) is 0 Å². The predicted octanol–water partition coefficient (Wildman–Crippen LogP) is 2.26. The molecule has 1 atom stereocenters. The van der Waals surface area contributed by atoms with Crippen LogP contribution in [0.3, 0.4) is 0 Å². The Morgan fingerprint density at radius 1 is 1.50 bits per heavy atom. The first-order chi connectivity index (χ1) is 5.54. The topological polar surface area (TPSA) is 46.5 Å². The Labute approximate surface area is 79.9 Å². The van der Waals surface area contributed by atoms with E-state index in [1.807, 2.05) is 0 Å². The maximum absolute atomic E-state index is 10.2. The third-order valence-electron chi connectivity index (χ3n) is 2.11. The summed E-state index contributed by atoms with van der Waals surface area (Å²) in [4.78, 5) is 8.39. The largest absolute Gasteiger partial charge is 0.326 e. The van der Waals surface area contributed by atoms with Gasteiger partial charge in [0.2, 0.25) is 0 Å². The molecule has 5 heteroatoms. The summed E-state index contributed by atoms with van der Waals surface area (Å²) in [6, 6.07) is 0. The van der Waals surface area contributed by atoms with Gasteiger partial charge < -0.3 is 9.42 Å². The summed E-state index contributed by atoms with van der Waals surface area (Å²) >= 11 is 4.47. The SMILES string of the molecule is CCC(S)(CC)CCO[PH](=O)O. The van der Waals surface area contributed by atoms with Gasteiger partial charge in [0.1, 0.15) is 0 Å². The van der Waals surface area contributed by atoms with Crippen molar-refractivity contribution in [3.05, 3.63) is 0 Å². The molecular weight excluding hydrogens is 195 g/mol. The average Bonchev–Trinajstić information content (AvgIpc) is 2.03. The standard InChI is InChI=1S/C7H17O3PS/c1-3-7(12,4-2)5-6-10-11(8)9/h11-12H,3-6H2,1-2H3,(H,8,9). The first-order valence-corrected chi connectivity index (χ1v) is 5.83. The molecule has 0 aliphatic heterocycles. The van der Waals surface area contributed by atoms with E-state index in [0.29, 0.717) is 6.61 Å². The zero-order valence-corrected chi connectivity index (χ0v) is 9.43. The van der Waals surface area contributed by atoms with E-state index in [1.165, 1.54) is 0 Å². The van der Waals surface area contributed by atoms with Gasteiger partial charge in [-0.1, -0.05) is 13.8 Å². The second-order valence-electron chi connectivity index (χ2n) is 2.80. The van der Waals surface area contributed by atoms with Gasteiger partial charge in [-0.05, 0) is 19.3 Å². The molecule has 0 spiro atoms. The van der Waals surface area contributed by atoms with Crippen LogP contribution in [0.1, 0.15) is 33.1 Å². The first kappa shape index (κ1) is 12.5. The molecule has 0 aromatic heterocycles. The Hall–Kier alpha value is 0.500. The summed E-state index contributed by atoms with van der Waals surface area (Å²) in [7, 11) is -2.76. The molecule has 0 aromatic carbocycles. The molecule has 12 heavy (non-hydrogen) atoms. The lowest BCUT2D eigenvalue weighted by Gasteiger charge is -2.24. The highest BCUT2D eigenvalue weighted by molar-refractivity contribution is 7.81. The van der Waals surface area contributed by atoms with E-state index in [2.05, 4.69) is 31.0 Å². The molecule has 0 saturated heterocycles. The van der Waals surface area contributed by atoms with Crippen LogP contribution < -0.4 is 0 Å². The molecule has 0 aliphatic rings. The Morgan fingerprint density at radius 3 is 2.33 bits per heavy atom. The molecule has 0 radical (unpaired) electrons. The molecule has 0 amide bonds. The highest BCUT2D eigenvalue weighted by Crippen LogP contribution is 2.28. The van der Waals surface area contributed by atoms with Gasteiger partial charge in [-0.25, -0.2) is 0 Å². The minimum Gasteiger partial charge on any atom is -0.326 e. The van der Waals surface area contributed by atoms with Gasteiger partial charge in [0.05, 0.1) is 6.61 Å². The zero-order valence-electron chi connectivity index (χ0n) is 7.54. The van der Waals surface area contributed by atoms with Crippen LogP contribution >= 0.6 is 20.9 Å². The molecule has 1 N–H and O–H groups in total. The fourth-order valence-electron chi connectivity index (χ4n) is 0.932. The lowest BCUT2D eigenvalue weighted by atomic mass is 9.99. The monoisotopic (exact) mass is 212 g/mol. The van der Waals surface area contributed by atoms with Crippen LogP contribution in [0.25, 0.3) is 0 Å². The minimum atomic E-state index is -2.76. The summed E-state index contributed by atoms with van der Waals surface area (Å²) in [5.41, 5.74) is 0. The average molecular weight is 212 g/mol. The summed E-state index contributed by atoms with van der Waals surface area (Å²) in [6.07, 6.45) is 2.62. The van der Waals surface area contributed by atoms with Gasteiger partial charge >= 0.3 is 8.25 Å². The summed E-state index contributed by atoms with van der Waals surface area (Å²) in [5.74, 6) is 0. The molecule has 3 nitrogen and oxygen atoms in total. The van der Waals surface area contributed by atoms with Gasteiger partial charge in [-0.15, -0.1) is 0 Å². The Kier molecular flexibility index (Phi) is 6.28. The van der Waals surface area contributed by atoms with Crippen LogP contribution in [-0.2, 0) is 9.09 Å². The smallest absolute Gasteiger partial charge is 0.316 e. The van der Waals surface area contributed by atoms with Gasteiger partial charge in [0.15, 0.2) is 0 Å². The van der Waals surface area contributed by atoms with E-state index in [1.54, 1.807) is 0 Å². The van der Waals surface area contributed by atoms with Gasteiger partial charge in [-0.2, -0.15) is 12.6 Å². The van der Waals surface area contributed by atoms with Crippen molar-refractivity contribution in [1.29, 1.82) is 0 Å². The van der Waals surface area contributed by atoms with E-state index in [4.69, 9.17) is 4.89 Å². The van der Waals surface area contributed by atoms with Crippen LogP contribution in [0.4, 0.5) is 0 Å². The lowest BCUT2D eigenvalue weighted by molar-refractivity contribution is 0.260. The van der Waals surface area contributed by atoms with Crippen molar-refractivity contribution in [3.8, 4) is 0 Å². The molecule has 0 bridgehead atoms. The molecule has 0 fully saturated rings. The van der Waals surface area contributed by atoms with E-state index in [0.717, 1.165) is 19.3 Å². The van der Waals surface area contributed by atoms with Crippen molar-refractivity contribution >= 4 is 20.9 Å². The molecular formula is C7H17O3PS. The van der Waals surface area contributed by atoms with E-state index < -0.39 is 8.25 Å². The fourth-order valence-corrected chi connectivity index (χ4v) is 1.30. The normalized spacial score (nSPS) is 14.7. The minimum absolute atomic E-state index is 0.0443. The maximum Gasteiger partial charge on any atom is 0.316 e. The molecule has 0 aliphatic carbocycles. The number of hydrogen-bond acceptors (Lipinski definition) is 3. The van der Waals surface area contributed by atoms with Crippen LogP contribution in [0.5, 0.6) is 0 Å². The predicted molar refractivity (Wildman–Crippen MR) is 54.1 cm³/mol. The fraction of sp³-hybridized carbons (Fsp3) is 1.00. The third kappa shape index (κ3) is 5.20.